The Kier molecular flexibility index (Phi) is 4.35. The first kappa shape index (κ1) is 17.9. The van der Waals surface area contributed by atoms with Crippen LogP contribution in [0.3, 0.4) is 0 Å². The van der Waals surface area contributed by atoms with Crippen LogP contribution in [0.5, 0.6) is 11.5 Å². The third-order valence-electron chi connectivity index (χ3n) is 5.21. The molecule has 2 aliphatic heterocycles. The second kappa shape index (κ2) is 6.57. The monoisotopic (exact) mass is 367 g/mol. The number of benzene rings is 2. The maximum Gasteiger partial charge on any atom is 0.239 e. The van der Waals surface area contributed by atoms with Crippen LogP contribution in [0.2, 0.25) is 0 Å². The zero-order valence-corrected chi connectivity index (χ0v) is 16.0. The number of hydrogen-bond donors (Lipinski definition) is 1. The fourth-order valence-corrected chi connectivity index (χ4v) is 4.22. The zero-order valence-electron chi connectivity index (χ0n) is 16.0. The number of para-hydroxylation sites is 1. The van der Waals surface area contributed by atoms with E-state index >= 15 is 0 Å². The van der Waals surface area contributed by atoms with Gasteiger partial charge in [0.1, 0.15) is 29.1 Å². The lowest BCUT2D eigenvalue weighted by Gasteiger charge is -2.43. The van der Waals surface area contributed by atoms with Gasteiger partial charge in [0.25, 0.3) is 0 Å². The molecule has 2 aromatic rings. The van der Waals surface area contributed by atoms with Crippen LogP contribution in [0.1, 0.15) is 38.3 Å². The Bertz CT molecular complexity index is 876. The lowest BCUT2D eigenvalue weighted by atomic mass is 9.67. The molecule has 1 atom stereocenters. The molecule has 1 amide bonds. The van der Waals surface area contributed by atoms with Crippen molar-refractivity contribution in [3.05, 3.63) is 53.6 Å². The first-order valence-electron chi connectivity index (χ1n) is 9.41. The van der Waals surface area contributed by atoms with E-state index in [1.54, 1.807) is 0 Å². The minimum absolute atomic E-state index is 0.00587. The summed E-state index contributed by atoms with van der Waals surface area (Å²) in [5, 5.41) is 3.06. The van der Waals surface area contributed by atoms with Gasteiger partial charge in [-0.3, -0.25) is 4.79 Å². The molecule has 27 heavy (non-hydrogen) atoms. The molecule has 4 rings (SSSR count). The highest BCUT2D eigenvalue weighted by Crippen LogP contribution is 2.54. The van der Waals surface area contributed by atoms with E-state index in [1.807, 2.05) is 63.2 Å². The molecule has 0 saturated heterocycles. The van der Waals surface area contributed by atoms with Gasteiger partial charge in [0.05, 0.1) is 6.61 Å². The van der Waals surface area contributed by atoms with Gasteiger partial charge in [-0.2, -0.15) is 0 Å². The molecule has 2 heterocycles. The summed E-state index contributed by atoms with van der Waals surface area (Å²) in [6.07, 6.45) is 0.584. The number of amides is 1. The number of fused-ring (bicyclic) bond motifs is 4. The number of nitrogens with one attached hydrogen (secondary N) is 1. The summed E-state index contributed by atoms with van der Waals surface area (Å²) < 4.78 is 17.4. The fourth-order valence-electron chi connectivity index (χ4n) is 4.22. The van der Waals surface area contributed by atoms with Gasteiger partial charge < -0.3 is 19.5 Å². The molecular weight excluding hydrogens is 342 g/mol. The third kappa shape index (κ3) is 2.96. The first-order valence-corrected chi connectivity index (χ1v) is 9.41. The van der Waals surface area contributed by atoms with E-state index in [0.29, 0.717) is 37.7 Å². The summed E-state index contributed by atoms with van der Waals surface area (Å²) in [5.41, 5.74) is 1.56. The number of carbonyl (C=O) groups is 1. The average Bonchev–Trinajstić information content (AvgIpc) is 2.90. The highest BCUT2D eigenvalue weighted by molar-refractivity contribution is 6.09. The quantitative estimate of drug-likeness (QED) is 0.815. The van der Waals surface area contributed by atoms with Crippen LogP contribution in [-0.4, -0.2) is 31.3 Å². The lowest BCUT2D eigenvalue weighted by Crippen LogP contribution is -2.48. The molecule has 1 unspecified atom stereocenters. The van der Waals surface area contributed by atoms with E-state index < -0.39 is 11.0 Å². The van der Waals surface area contributed by atoms with Crippen molar-refractivity contribution in [2.45, 2.75) is 38.2 Å². The molecule has 1 N–H and O–H groups in total. The van der Waals surface area contributed by atoms with Crippen molar-refractivity contribution < 1.29 is 19.0 Å². The molecule has 0 aromatic heterocycles. The van der Waals surface area contributed by atoms with Crippen molar-refractivity contribution in [2.75, 3.05) is 25.1 Å². The van der Waals surface area contributed by atoms with Gasteiger partial charge in [0.2, 0.25) is 5.91 Å². The second-order valence-electron chi connectivity index (χ2n) is 7.65. The molecule has 0 saturated carbocycles. The largest absolute Gasteiger partial charge is 0.491 e. The van der Waals surface area contributed by atoms with Crippen LogP contribution in [0.4, 0.5) is 5.69 Å². The van der Waals surface area contributed by atoms with Crippen molar-refractivity contribution in [1.82, 2.24) is 0 Å². The molecule has 2 aromatic carbocycles. The fraction of sp³-hybridized carbons (Fsp3) is 0.409. The number of rotatable bonds is 5. The van der Waals surface area contributed by atoms with E-state index in [9.17, 15) is 4.79 Å². The SMILES string of the molecule is CCOCCOc1ccc2c(c1)OC(C)(C)CC21C(=O)Nc2ccccc21. The van der Waals surface area contributed by atoms with Crippen LogP contribution in [0.15, 0.2) is 42.5 Å². The van der Waals surface area contributed by atoms with Gasteiger partial charge in [0.15, 0.2) is 0 Å². The van der Waals surface area contributed by atoms with E-state index in [4.69, 9.17) is 14.2 Å². The topological polar surface area (TPSA) is 56.8 Å². The second-order valence-corrected chi connectivity index (χ2v) is 7.65. The van der Waals surface area contributed by atoms with Crippen molar-refractivity contribution >= 4 is 11.6 Å². The Morgan fingerprint density at radius 1 is 1.11 bits per heavy atom. The van der Waals surface area contributed by atoms with Gasteiger partial charge >= 0.3 is 0 Å². The van der Waals surface area contributed by atoms with Crippen molar-refractivity contribution in [2.24, 2.45) is 0 Å². The molecule has 0 bridgehead atoms. The lowest BCUT2D eigenvalue weighted by molar-refractivity contribution is -0.122. The van der Waals surface area contributed by atoms with Gasteiger partial charge in [0, 0.05) is 30.3 Å². The molecule has 5 nitrogen and oxygen atoms in total. The standard InChI is InChI=1S/C22H25NO4/c1-4-25-11-12-26-15-9-10-17-19(13-15)27-21(2,3)14-22(17)16-7-5-6-8-18(16)23-20(22)24/h5-10,13H,4,11-12,14H2,1-3H3,(H,23,24). The van der Waals surface area contributed by atoms with Crippen LogP contribution in [-0.2, 0) is 14.9 Å². The molecule has 0 fully saturated rings. The average molecular weight is 367 g/mol. The molecular formula is C22H25NO4. The van der Waals surface area contributed by atoms with Gasteiger partial charge in [-0.1, -0.05) is 24.3 Å². The van der Waals surface area contributed by atoms with E-state index in [2.05, 4.69) is 5.32 Å². The molecule has 142 valence electrons. The highest BCUT2D eigenvalue weighted by atomic mass is 16.5. The molecule has 5 heteroatoms. The third-order valence-corrected chi connectivity index (χ3v) is 5.21. The number of ether oxygens (including phenoxy) is 3. The maximum absolute atomic E-state index is 13.2. The Hall–Kier alpha value is -2.53. The van der Waals surface area contributed by atoms with Crippen molar-refractivity contribution in [1.29, 1.82) is 0 Å². The summed E-state index contributed by atoms with van der Waals surface area (Å²) in [7, 11) is 0. The normalized spacial score (nSPS) is 22.0. The van der Waals surface area contributed by atoms with Gasteiger partial charge in [-0.15, -0.1) is 0 Å². The zero-order chi connectivity index (χ0) is 19.1. The van der Waals surface area contributed by atoms with Crippen LogP contribution in [0.25, 0.3) is 0 Å². The summed E-state index contributed by atoms with van der Waals surface area (Å²) in [6, 6.07) is 13.7. The molecule has 0 radical (unpaired) electrons. The van der Waals surface area contributed by atoms with Crippen molar-refractivity contribution in [3.63, 3.8) is 0 Å². The summed E-state index contributed by atoms with van der Waals surface area (Å²) in [6.45, 7) is 7.69. The summed E-state index contributed by atoms with van der Waals surface area (Å²) in [4.78, 5) is 13.2. The predicted octanol–water partition coefficient (Wildman–Crippen LogP) is 3.90. The van der Waals surface area contributed by atoms with Gasteiger partial charge in [-0.05, 0) is 38.5 Å². The Labute approximate surface area is 159 Å². The maximum atomic E-state index is 13.2. The van der Waals surface area contributed by atoms with Crippen molar-refractivity contribution in [3.8, 4) is 11.5 Å². The van der Waals surface area contributed by atoms with Crippen LogP contribution in [0, 0.1) is 0 Å². The summed E-state index contributed by atoms with van der Waals surface area (Å²) >= 11 is 0. The predicted molar refractivity (Wildman–Crippen MR) is 104 cm³/mol. The Balaban J connectivity index is 1.76. The minimum Gasteiger partial charge on any atom is -0.491 e. The van der Waals surface area contributed by atoms with Crippen LogP contribution < -0.4 is 14.8 Å². The van der Waals surface area contributed by atoms with E-state index in [1.165, 1.54) is 0 Å². The highest BCUT2D eigenvalue weighted by Gasteiger charge is 2.55. The van der Waals surface area contributed by atoms with E-state index in [0.717, 1.165) is 16.8 Å². The Morgan fingerprint density at radius 2 is 1.93 bits per heavy atom. The Morgan fingerprint density at radius 3 is 2.74 bits per heavy atom. The molecule has 0 aliphatic carbocycles. The number of hydrogen-bond acceptors (Lipinski definition) is 4. The molecule has 2 aliphatic rings. The summed E-state index contributed by atoms with van der Waals surface area (Å²) in [5.74, 6) is 1.42. The van der Waals surface area contributed by atoms with Crippen LogP contribution >= 0.6 is 0 Å². The first-order chi connectivity index (χ1) is 13.0. The van der Waals surface area contributed by atoms with Gasteiger partial charge in [-0.25, -0.2) is 0 Å². The molecule has 1 spiro atoms. The van der Waals surface area contributed by atoms with E-state index in [-0.39, 0.29) is 5.91 Å². The number of anilines is 1. The smallest absolute Gasteiger partial charge is 0.239 e. The number of carbonyl (C=O) groups excluding carboxylic acids is 1. The minimum atomic E-state index is -0.739.